The zero-order valence-corrected chi connectivity index (χ0v) is 18.7. The maximum atomic E-state index is 13.2. The van der Waals surface area contributed by atoms with Crippen molar-refractivity contribution in [3.63, 3.8) is 0 Å². The molecular formula is C18H30N6O5S. The SMILES string of the molecule is CCOC(=O)N1CCN(C(=O)C2CC(c3cn(CC)nc3C)NS(=O)(=O)N2C)CC1. The Labute approximate surface area is 177 Å². The molecule has 2 unspecified atom stereocenters. The number of carbonyl (C=O) groups is 2. The summed E-state index contributed by atoms with van der Waals surface area (Å²) < 4.78 is 35.9. The minimum Gasteiger partial charge on any atom is -0.450 e. The molecule has 0 spiro atoms. The number of rotatable bonds is 4. The molecule has 0 bridgehead atoms. The lowest BCUT2D eigenvalue weighted by atomic mass is 9.99. The normalized spacial score (nSPS) is 24.7. The topological polar surface area (TPSA) is 117 Å². The van der Waals surface area contributed by atoms with Gasteiger partial charge in [0.25, 0.3) is 10.2 Å². The molecule has 2 amide bonds. The monoisotopic (exact) mass is 442 g/mol. The van der Waals surface area contributed by atoms with Crippen molar-refractivity contribution >= 4 is 22.2 Å². The van der Waals surface area contributed by atoms with Crippen LogP contribution in [0.25, 0.3) is 0 Å². The molecule has 2 fully saturated rings. The van der Waals surface area contributed by atoms with Crippen molar-refractivity contribution in [1.29, 1.82) is 0 Å². The number of nitrogens with zero attached hydrogens (tertiary/aromatic N) is 5. The summed E-state index contributed by atoms with van der Waals surface area (Å²) in [5.41, 5.74) is 1.52. The third-order valence-corrected chi connectivity index (χ3v) is 7.25. The maximum absolute atomic E-state index is 13.2. The van der Waals surface area contributed by atoms with Crippen LogP contribution in [0.5, 0.6) is 0 Å². The van der Waals surface area contributed by atoms with E-state index in [0.29, 0.717) is 45.8 Å². The minimum atomic E-state index is -3.82. The van der Waals surface area contributed by atoms with Gasteiger partial charge in [0.15, 0.2) is 0 Å². The van der Waals surface area contributed by atoms with Crippen LogP contribution in [-0.4, -0.2) is 90.2 Å². The molecule has 3 rings (SSSR count). The number of piperazine rings is 1. The number of hydrogen-bond donors (Lipinski definition) is 1. The lowest BCUT2D eigenvalue weighted by Gasteiger charge is -2.40. The number of ether oxygens (including phenoxy) is 1. The highest BCUT2D eigenvalue weighted by Gasteiger charge is 2.43. The van der Waals surface area contributed by atoms with E-state index < -0.39 is 28.4 Å². The number of amides is 2. The number of nitrogens with one attached hydrogen (secondary N) is 1. The Hall–Kier alpha value is -2.18. The standard InChI is InChI=1S/C18H30N6O5S/c1-5-24-12-14(13(3)19-24)15-11-16(21(4)30(27,28)20-15)17(25)22-7-9-23(10-8-22)18(26)29-6-2/h12,15-16,20H,5-11H2,1-4H3. The van der Waals surface area contributed by atoms with E-state index in [-0.39, 0.29) is 5.91 Å². The first-order chi connectivity index (χ1) is 14.2. The zero-order valence-electron chi connectivity index (χ0n) is 17.9. The number of aryl methyl sites for hydroxylation is 2. The van der Waals surface area contributed by atoms with Gasteiger partial charge >= 0.3 is 6.09 Å². The molecule has 0 saturated carbocycles. The van der Waals surface area contributed by atoms with E-state index >= 15 is 0 Å². The summed E-state index contributed by atoms with van der Waals surface area (Å²) in [5.74, 6) is -0.253. The van der Waals surface area contributed by atoms with E-state index in [9.17, 15) is 18.0 Å². The summed E-state index contributed by atoms with van der Waals surface area (Å²) in [6, 6.07) is -1.35. The van der Waals surface area contributed by atoms with Gasteiger partial charge in [-0.25, -0.2) is 4.79 Å². The number of carbonyl (C=O) groups excluding carboxylic acids is 2. The Morgan fingerprint density at radius 1 is 1.20 bits per heavy atom. The van der Waals surface area contributed by atoms with Gasteiger partial charge in [-0.2, -0.15) is 22.5 Å². The Morgan fingerprint density at radius 3 is 2.40 bits per heavy atom. The van der Waals surface area contributed by atoms with Crippen LogP contribution in [0.2, 0.25) is 0 Å². The first-order valence-electron chi connectivity index (χ1n) is 10.2. The van der Waals surface area contributed by atoms with Gasteiger partial charge in [0.2, 0.25) is 5.91 Å². The van der Waals surface area contributed by atoms with Crippen molar-refractivity contribution in [3.05, 3.63) is 17.5 Å². The van der Waals surface area contributed by atoms with E-state index in [1.54, 1.807) is 21.4 Å². The first kappa shape index (κ1) is 22.5. The van der Waals surface area contributed by atoms with Crippen LogP contribution < -0.4 is 4.72 Å². The van der Waals surface area contributed by atoms with E-state index in [0.717, 1.165) is 15.6 Å². The summed E-state index contributed by atoms with van der Waals surface area (Å²) >= 11 is 0. The van der Waals surface area contributed by atoms with Crippen molar-refractivity contribution in [2.45, 2.75) is 45.8 Å². The highest BCUT2D eigenvalue weighted by atomic mass is 32.2. The zero-order chi connectivity index (χ0) is 22.1. The van der Waals surface area contributed by atoms with Gasteiger partial charge in [-0.15, -0.1) is 0 Å². The van der Waals surface area contributed by atoms with Crippen LogP contribution in [0.1, 0.15) is 37.6 Å². The molecule has 11 nitrogen and oxygen atoms in total. The molecule has 0 aliphatic carbocycles. The lowest BCUT2D eigenvalue weighted by Crippen LogP contribution is -2.60. The molecule has 2 aliphatic rings. The predicted octanol–water partition coefficient (Wildman–Crippen LogP) is 0.0917. The minimum absolute atomic E-state index is 0.253. The van der Waals surface area contributed by atoms with E-state index in [4.69, 9.17) is 4.74 Å². The Balaban J connectivity index is 1.74. The molecule has 30 heavy (non-hydrogen) atoms. The molecule has 12 heteroatoms. The number of likely N-dealkylation sites (N-methyl/N-ethyl adjacent to an activating group) is 1. The summed E-state index contributed by atoms with van der Waals surface area (Å²) in [4.78, 5) is 28.3. The molecule has 2 aliphatic heterocycles. The van der Waals surface area contributed by atoms with E-state index in [1.807, 2.05) is 20.0 Å². The molecule has 0 radical (unpaired) electrons. The van der Waals surface area contributed by atoms with Crippen LogP contribution >= 0.6 is 0 Å². The first-order valence-corrected chi connectivity index (χ1v) is 11.6. The fourth-order valence-electron chi connectivity index (χ4n) is 3.87. The highest BCUT2D eigenvalue weighted by molar-refractivity contribution is 7.87. The molecule has 2 saturated heterocycles. The fourth-order valence-corrected chi connectivity index (χ4v) is 5.13. The van der Waals surface area contributed by atoms with Gasteiger partial charge in [0, 0.05) is 51.5 Å². The second kappa shape index (κ2) is 8.90. The van der Waals surface area contributed by atoms with Gasteiger partial charge < -0.3 is 14.5 Å². The number of aromatic nitrogens is 2. The van der Waals surface area contributed by atoms with Crippen molar-refractivity contribution in [1.82, 2.24) is 28.6 Å². The molecule has 0 aromatic carbocycles. The molecule has 1 N–H and O–H groups in total. The van der Waals surface area contributed by atoms with Gasteiger partial charge in [0.05, 0.1) is 18.3 Å². The maximum Gasteiger partial charge on any atom is 0.409 e. The summed E-state index contributed by atoms with van der Waals surface area (Å²) in [7, 11) is -2.41. The number of hydrogen-bond acceptors (Lipinski definition) is 6. The van der Waals surface area contributed by atoms with Gasteiger partial charge in [0.1, 0.15) is 6.04 Å². The average molecular weight is 443 g/mol. The second-order valence-corrected chi connectivity index (χ2v) is 9.24. The summed E-state index contributed by atoms with van der Waals surface area (Å²) in [5, 5.41) is 4.39. The molecule has 168 valence electrons. The molecule has 1 aromatic heterocycles. The van der Waals surface area contributed by atoms with Crippen LogP contribution in [0, 0.1) is 6.92 Å². The van der Waals surface area contributed by atoms with E-state index in [2.05, 4.69) is 9.82 Å². The van der Waals surface area contributed by atoms with Gasteiger partial charge in [-0.05, 0) is 27.2 Å². The van der Waals surface area contributed by atoms with Gasteiger partial charge in [-0.3, -0.25) is 9.48 Å². The van der Waals surface area contributed by atoms with E-state index in [1.165, 1.54) is 7.05 Å². The predicted molar refractivity (Wildman–Crippen MR) is 109 cm³/mol. The average Bonchev–Trinajstić information content (AvgIpc) is 3.10. The quantitative estimate of drug-likeness (QED) is 0.706. The Morgan fingerprint density at radius 2 is 1.83 bits per heavy atom. The molecule has 3 heterocycles. The van der Waals surface area contributed by atoms with Crippen LogP contribution in [0.3, 0.4) is 0 Å². The summed E-state index contributed by atoms with van der Waals surface area (Å²) in [6.45, 7) is 7.90. The molecular weight excluding hydrogens is 412 g/mol. The second-order valence-electron chi connectivity index (χ2n) is 7.48. The van der Waals surface area contributed by atoms with Crippen molar-refractivity contribution in [2.75, 3.05) is 39.8 Å². The lowest BCUT2D eigenvalue weighted by molar-refractivity contribution is -0.137. The van der Waals surface area contributed by atoms with Crippen LogP contribution in [0.4, 0.5) is 4.79 Å². The molecule has 1 aromatic rings. The third-order valence-electron chi connectivity index (χ3n) is 5.65. The smallest absolute Gasteiger partial charge is 0.409 e. The Kier molecular flexibility index (Phi) is 6.68. The van der Waals surface area contributed by atoms with Crippen molar-refractivity contribution in [2.24, 2.45) is 0 Å². The van der Waals surface area contributed by atoms with Crippen LogP contribution in [0.15, 0.2) is 6.20 Å². The fraction of sp³-hybridized carbons (Fsp3) is 0.722. The van der Waals surface area contributed by atoms with Crippen LogP contribution in [-0.2, 0) is 26.3 Å². The van der Waals surface area contributed by atoms with Crippen molar-refractivity contribution < 1.29 is 22.7 Å². The Bertz CT molecular complexity index is 893. The van der Waals surface area contributed by atoms with Gasteiger partial charge in [-0.1, -0.05) is 0 Å². The highest BCUT2D eigenvalue weighted by Crippen LogP contribution is 2.30. The largest absolute Gasteiger partial charge is 0.450 e. The summed E-state index contributed by atoms with van der Waals surface area (Å²) in [6.07, 6.45) is 1.74. The molecule has 2 atom stereocenters. The third kappa shape index (κ3) is 4.44. The van der Waals surface area contributed by atoms with Crippen molar-refractivity contribution in [3.8, 4) is 0 Å².